The van der Waals surface area contributed by atoms with Crippen LogP contribution in [0.4, 0.5) is 4.79 Å². The van der Waals surface area contributed by atoms with E-state index in [2.05, 4.69) is 49.5 Å². The SMILES string of the molecule is CC(C)(C)OC(=O)NC(COCc1ccccc1)C(=O)NCc1cccc(CO[Si](C)(C)C(C)(C)C)n1. The fourth-order valence-electron chi connectivity index (χ4n) is 2.98. The number of nitrogens with zero attached hydrogens (tertiary/aromatic N) is 1. The molecule has 8 nitrogen and oxygen atoms in total. The molecule has 1 unspecified atom stereocenters. The van der Waals surface area contributed by atoms with E-state index in [1.54, 1.807) is 20.8 Å². The normalized spacial score (nSPS) is 13.1. The molecule has 0 radical (unpaired) electrons. The van der Waals surface area contributed by atoms with Crippen molar-refractivity contribution < 1.29 is 23.5 Å². The summed E-state index contributed by atoms with van der Waals surface area (Å²) in [5.74, 6) is -0.386. The molecule has 204 valence electrons. The second-order valence-electron chi connectivity index (χ2n) is 11.6. The van der Waals surface area contributed by atoms with Crippen molar-refractivity contribution in [1.29, 1.82) is 0 Å². The van der Waals surface area contributed by atoms with Gasteiger partial charge in [0.25, 0.3) is 0 Å². The van der Waals surface area contributed by atoms with Crippen molar-refractivity contribution in [2.24, 2.45) is 0 Å². The van der Waals surface area contributed by atoms with Gasteiger partial charge >= 0.3 is 6.09 Å². The summed E-state index contributed by atoms with van der Waals surface area (Å²) in [4.78, 5) is 30.0. The second-order valence-corrected chi connectivity index (χ2v) is 16.4. The number of benzene rings is 1. The number of carbonyl (C=O) groups excluding carboxylic acids is 2. The van der Waals surface area contributed by atoms with Crippen LogP contribution < -0.4 is 10.6 Å². The van der Waals surface area contributed by atoms with Gasteiger partial charge in [0.05, 0.1) is 37.8 Å². The molecule has 1 aromatic carbocycles. The maximum atomic E-state index is 13.0. The first-order valence-corrected chi connectivity index (χ1v) is 15.5. The predicted octanol–water partition coefficient (Wildman–Crippen LogP) is 5.33. The molecule has 0 aliphatic rings. The number of hydrogen-bond acceptors (Lipinski definition) is 6. The highest BCUT2D eigenvalue weighted by Gasteiger charge is 2.37. The van der Waals surface area contributed by atoms with E-state index in [9.17, 15) is 9.59 Å². The number of alkyl carbamates (subject to hydrolysis) is 1. The summed E-state index contributed by atoms with van der Waals surface area (Å²) in [6.45, 7) is 17.2. The molecule has 37 heavy (non-hydrogen) atoms. The number of hydrogen-bond donors (Lipinski definition) is 2. The molecular formula is C28H43N3O5Si. The molecule has 2 N–H and O–H groups in total. The van der Waals surface area contributed by atoms with Crippen molar-refractivity contribution in [3.05, 3.63) is 65.5 Å². The largest absolute Gasteiger partial charge is 0.444 e. The van der Waals surface area contributed by atoms with Crippen LogP contribution in [0.5, 0.6) is 0 Å². The zero-order chi connectivity index (χ0) is 27.7. The summed E-state index contributed by atoms with van der Waals surface area (Å²) in [6, 6.07) is 14.4. The van der Waals surface area contributed by atoms with Crippen molar-refractivity contribution >= 4 is 20.3 Å². The minimum absolute atomic E-state index is 0.00616. The number of rotatable bonds is 11. The highest BCUT2D eigenvalue weighted by atomic mass is 28.4. The van der Waals surface area contributed by atoms with Gasteiger partial charge in [0, 0.05) is 0 Å². The Morgan fingerprint density at radius 1 is 0.919 bits per heavy atom. The lowest BCUT2D eigenvalue weighted by Crippen LogP contribution is -2.50. The average Bonchev–Trinajstić information content (AvgIpc) is 2.80. The molecular weight excluding hydrogens is 486 g/mol. The van der Waals surface area contributed by atoms with Crippen molar-refractivity contribution in [3.63, 3.8) is 0 Å². The Bertz CT molecular complexity index is 1020. The van der Waals surface area contributed by atoms with Gasteiger partial charge in [-0.2, -0.15) is 0 Å². The summed E-state index contributed by atoms with van der Waals surface area (Å²) in [5, 5.41) is 5.59. The third-order valence-electron chi connectivity index (χ3n) is 6.10. The quantitative estimate of drug-likeness (QED) is 0.382. The zero-order valence-electron chi connectivity index (χ0n) is 23.5. The monoisotopic (exact) mass is 529 g/mol. The van der Waals surface area contributed by atoms with Crippen LogP contribution >= 0.6 is 0 Å². The van der Waals surface area contributed by atoms with Gasteiger partial charge in [0.2, 0.25) is 5.91 Å². The van der Waals surface area contributed by atoms with Crippen LogP contribution in [0.3, 0.4) is 0 Å². The highest BCUT2D eigenvalue weighted by molar-refractivity contribution is 6.74. The van der Waals surface area contributed by atoms with Crippen molar-refractivity contribution in [2.45, 2.75) is 91.1 Å². The number of pyridine rings is 1. The minimum atomic E-state index is -1.90. The first-order valence-electron chi connectivity index (χ1n) is 12.6. The second kappa shape index (κ2) is 13.2. The van der Waals surface area contributed by atoms with Crippen LogP contribution in [0.2, 0.25) is 18.1 Å². The van der Waals surface area contributed by atoms with Gasteiger partial charge < -0.3 is 24.5 Å². The maximum absolute atomic E-state index is 13.0. The van der Waals surface area contributed by atoms with Crippen LogP contribution in [0.25, 0.3) is 0 Å². The molecule has 1 aromatic heterocycles. The fourth-order valence-corrected chi connectivity index (χ4v) is 3.92. The van der Waals surface area contributed by atoms with E-state index in [0.29, 0.717) is 18.9 Å². The van der Waals surface area contributed by atoms with Crippen LogP contribution in [-0.4, -0.2) is 43.6 Å². The van der Waals surface area contributed by atoms with E-state index in [4.69, 9.17) is 13.9 Å². The third kappa shape index (κ3) is 11.0. The van der Waals surface area contributed by atoms with Crippen molar-refractivity contribution in [1.82, 2.24) is 15.6 Å². The van der Waals surface area contributed by atoms with Gasteiger partial charge in [0.1, 0.15) is 11.6 Å². The Morgan fingerprint density at radius 3 is 2.19 bits per heavy atom. The number of amides is 2. The molecule has 0 bridgehead atoms. The van der Waals surface area contributed by atoms with Crippen LogP contribution in [-0.2, 0) is 38.5 Å². The zero-order valence-corrected chi connectivity index (χ0v) is 24.5. The Hall–Kier alpha value is -2.75. The van der Waals surface area contributed by atoms with E-state index in [1.807, 2.05) is 48.5 Å². The Morgan fingerprint density at radius 2 is 1.57 bits per heavy atom. The van der Waals surface area contributed by atoms with E-state index in [1.165, 1.54) is 0 Å². The molecule has 0 spiro atoms. The topological polar surface area (TPSA) is 98.8 Å². The summed E-state index contributed by atoms with van der Waals surface area (Å²) >= 11 is 0. The molecule has 1 atom stereocenters. The van der Waals surface area contributed by atoms with Gasteiger partial charge in [0.15, 0.2) is 8.32 Å². The lowest BCUT2D eigenvalue weighted by molar-refractivity contribution is -0.125. The number of aromatic nitrogens is 1. The van der Waals surface area contributed by atoms with Gasteiger partial charge in [-0.3, -0.25) is 9.78 Å². The number of carbonyl (C=O) groups is 2. The molecule has 0 aliphatic heterocycles. The predicted molar refractivity (Wildman–Crippen MR) is 147 cm³/mol. The van der Waals surface area contributed by atoms with Crippen LogP contribution in [0.1, 0.15) is 58.5 Å². The maximum Gasteiger partial charge on any atom is 0.408 e. The highest BCUT2D eigenvalue weighted by Crippen LogP contribution is 2.36. The van der Waals surface area contributed by atoms with Crippen molar-refractivity contribution in [3.8, 4) is 0 Å². The van der Waals surface area contributed by atoms with E-state index >= 15 is 0 Å². The number of ether oxygens (including phenoxy) is 2. The first kappa shape index (κ1) is 30.5. The van der Waals surface area contributed by atoms with E-state index in [-0.39, 0.29) is 24.1 Å². The molecule has 9 heteroatoms. The first-order chi connectivity index (χ1) is 17.2. The Balaban J connectivity index is 1.99. The molecule has 2 aromatic rings. The third-order valence-corrected chi connectivity index (χ3v) is 10.6. The smallest absolute Gasteiger partial charge is 0.408 e. The van der Waals surface area contributed by atoms with Crippen molar-refractivity contribution in [2.75, 3.05) is 6.61 Å². The molecule has 0 saturated heterocycles. The fraction of sp³-hybridized carbons (Fsp3) is 0.536. The summed E-state index contributed by atoms with van der Waals surface area (Å²) in [5.41, 5.74) is 1.80. The lowest BCUT2D eigenvalue weighted by atomic mass is 10.2. The lowest BCUT2D eigenvalue weighted by Gasteiger charge is -2.36. The summed E-state index contributed by atoms with van der Waals surface area (Å²) in [6.07, 6.45) is -0.682. The van der Waals surface area contributed by atoms with Crippen LogP contribution in [0, 0.1) is 0 Å². The Labute approximate surface area is 222 Å². The van der Waals surface area contributed by atoms with Gasteiger partial charge in [-0.25, -0.2) is 4.79 Å². The molecule has 0 fully saturated rings. The van der Waals surface area contributed by atoms with E-state index < -0.39 is 26.1 Å². The summed E-state index contributed by atoms with van der Waals surface area (Å²) in [7, 11) is -1.90. The van der Waals surface area contributed by atoms with E-state index in [0.717, 1.165) is 11.3 Å². The molecule has 1 heterocycles. The molecule has 2 rings (SSSR count). The van der Waals surface area contributed by atoms with Gasteiger partial charge in [-0.1, -0.05) is 57.2 Å². The molecule has 2 amide bonds. The minimum Gasteiger partial charge on any atom is -0.444 e. The standard InChI is InChI=1S/C28H43N3O5Si/c1-27(2,3)36-26(33)31-24(20-34-18-21-13-10-9-11-14-21)25(32)29-17-22-15-12-16-23(30-22)19-35-37(7,8)28(4,5)6/h9-16,24H,17-20H2,1-8H3,(H,29,32)(H,31,33). The average molecular weight is 530 g/mol. The molecule has 0 saturated carbocycles. The summed E-state index contributed by atoms with van der Waals surface area (Å²) < 4.78 is 17.3. The Kier molecular flexibility index (Phi) is 10.8. The van der Waals surface area contributed by atoms with Gasteiger partial charge in [-0.15, -0.1) is 0 Å². The van der Waals surface area contributed by atoms with Crippen LogP contribution in [0.15, 0.2) is 48.5 Å². The molecule has 0 aliphatic carbocycles. The number of nitrogens with one attached hydrogen (secondary N) is 2. The van der Waals surface area contributed by atoms with Gasteiger partial charge in [-0.05, 0) is 56.6 Å².